The maximum absolute atomic E-state index is 6.46. The molecule has 6 heteroatoms. The third kappa shape index (κ3) is 5.24. The maximum Gasteiger partial charge on any atom is 0.238 e. The number of hydrogen-bond donors (Lipinski definition) is 0. The number of para-hydroxylation sites is 2. The van der Waals surface area contributed by atoms with Crippen molar-refractivity contribution in [2.24, 2.45) is 0 Å². The van der Waals surface area contributed by atoms with Crippen molar-refractivity contribution < 1.29 is 8.83 Å². The number of fused-ring (bicyclic) bond motifs is 9. The van der Waals surface area contributed by atoms with Crippen LogP contribution in [0.25, 0.3) is 88.9 Å². The summed E-state index contributed by atoms with van der Waals surface area (Å²) in [6.45, 7) is 4.60. The van der Waals surface area contributed by atoms with Gasteiger partial charge in [-0.2, -0.15) is 9.97 Å². The first-order valence-corrected chi connectivity index (χ1v) is 20.3. The minimum Gasteiger partial charge on any atom is -0.456 e. The van der Waals surface area contributed by atoms with Crippen LogP contribution in [-0.2, 0) is 5.41 Å². The molecular formula is C54H36N4O2. The molecule has 11 aromatic rings. The molecule has 0 bridgehead atoms. The van der Waals surface area contributed by atoms with Gasteiger partial charge in [-0.05, 0) is 88.0 Å². The largest absolute Gasteiger partial charge is 0.456 e. The highest BCUT2D eigenvalue weighted by Gasteiger charge is 2.38. The Balaban J connectivity index is 1.14. The Labute approximate surface area is 346 Å². The molecule has 0 atom stereocenters. The highest BCUT2D eigenvalue weighted by molar-refractivity contribution is 6.13. The van der Waals surface area contributed by atoms with Gasteiger partial charge in [-0.1, -0.05) is 141 Å². The lowest BCUT2D eigenvalue weighted by Crippen LogP contribution is -2.18. The smallest absolute Gasteiger partial charge is 0.238 e. The van der Waals surface area contributed by atoms with E-state index in [1.807, 2.05) is 60.7 Å². The van der Waals surface area contributed by atoms with Gasteiger partial charge < -0.3 is 8.83 Å². The molecule has 12 rings (SSSR count). The van der Waals surface area contributed by atoms with E-state index in [1.54, 1.807) is 0 Å². The van der Waals surface area contributed by atoms with E-state index in [2.05, 4.69) is 140 Å². The van der Waals surface area contributed by atoms with E-state index >= 15 is 0 Å². The lowest BCUT2D eigenvalue weighted by molar-refractivity contribution is 0.661. The molecule has 1 aliphatic carbocycles. The maximum atomic E-state index is 6.46. The van der Waals surface area contributed by atoms with E-state index in [-0.39, 0.29) is 5.41 Å². The zero-order chi connectivity index (χ0) is 40.0. The molecule has 1 aliphatic rings. The molecule has 6 nitrogen and oxygen atoms in total. The van der Waals surface area contributed by atoms with Gasteiger partial charge in [0.15, 0.2) is 11.6 Å². The molecule has 60 heavy (non-hydrogen) atoms. The van der Waals surface area contributed by atoms with Crippen molar-refractivity contribution in [1.82, 2.24) is 15.0 Å². The Morgan fingerprint density at radius 3 is 1.88 bits per heavy atom. The summed E-state index contributed by atoms with van der Waals surface area (Å²) in [4.78, 5) is 18.4. The van der Waals surface area contributed by atoms with E-state index in [1.165, 1.54) is 22.3 Å². The van der Waals surface area contributed by atoms with Gasteiger partial charge in [-0.3, -0.25) is 4.90 Å². The van der Waals surface area contributed by atoms with Gasteiger partial charge in [0.25, 0.3) is 0 Å². The molecular weight excluding hydrogens is 737 g/mol. The molecule has 0 saturated carbocycles. The summed E-state index contributed by atoms with van der Waals surface area (Å²) in [6.07, 6.45) is 0. The molecule has 0 radical (unpaired) electrons. The average Bonchev–Trinajstić information content (AvgIpc) is 3.95. The Morgan fingerprint density at radius 1 is 0.433 bits per heavy atom. The van der Waals surface area contributed by atoms with E-state index in [0.29, 0.717) is 17.6 Å². The van der Waals surface area contributed by atoms with Crippen molar-refractivity contribution in [1.29, 1.82) is 0 Å². The Morgan fingerprint density at radius 2 is 1.03 bits per heavy atom. The van der Waals surface area contributed by atoms with Crippen LogP contribution < -0.4 is 4.90 Å². The summed E-state index contributed by atoms with van der Waals surface area (Å²) in [5, 5.41) is 4.04. The van der Waals surface area contributed by atoms with E-state index in [4.69, 9.17) is 23.8 Å². The molecule has 0 fully saturated rings. The molecule has 0 unspecified atom stereocenters. The number of nitrogens with zero attached hydrogens (tertiary/aromatic N) is 4. The molecule has 3 aromatic heterocycles. The van der Waals surface area contributed by atoms with Gasteiger partial charge in [0.05, 0.1) is 11.1 Å². The zero-order valence-corrected chi connectivity index (χ0v) is 32.9. The second-order valence-corrected chi connectivity index (χ2v) is 16.0. The third-order valence-electron chi connectivity index (χ3n) is 12.1. The number of furan rings is 2. The van der Waals surface area contributed by atoms with Crippen molar-refractivity contribution in [3.63, 3.8) is 0 Å². The summed E-state index contributed by atoms with van der Waals surface area (Å²) >= 11 is 0. The topological polar surface area (TPSA) is 68.2 Å². The Kier molecular flexibility index (Phi) is 7.47. The first kappa shape index (κ1) is 34.2. The van der Waals surface area contributed by atoms with E-state index < -0.39 is 0 Å². The van der Waals surface area contributed by atoms with Crippen LogP contribution in [0, 0.1) is 0 Å². The molecule has 0 saturated heterocycles. The Hall–Kier alpha value is -7.83. The predicted molar refractivity (Wildman–Crippen MR) is 243 cm³/mol. The fourth-order valence-electron chi connectivity index (χ4n) is 9.35. The first-order chi connectivity index (χ1) is 29.5. The van der Waals surface area contributed by atoms with Crippen molar-refractivity contribution >= 4 is 61.2 Å². The van der Waals surface area contributed by atoms with Crippen LogP contribution in [0.5, 0.6) is 0 Å². The molecule has 0 amide bonds. The summed E-state index contributed by atoms with van der Waals surface area (Å²) in [5.41, 5.74) is 13.8. The number of anilines is 3. The third-order valence-corrected chi connectivity index (χ3v) is 12.1. The molecule has 284 valence electrons. The van der Waals surface area contributed by atoms with Crippen LogP contribution in [0.1, 0.15) is 25.0 Å². The fraction of sp³-hybridized carbons (Fsp3) is 0.0556. The molecule has 8 aromatic carbocycles. The summed E-state index contributed by atoms with van der Waals surface area (Å²) in [7, 11) is 0. The number of rotatable bonds is 6. The van der Waals surface area contributed by atoms with Crippen LogP contribution >= 0.6 is 0 Å². The lowest BCUT2D eigenvalue weighted by atomic mass is 9.80. The van der Waals surface area contributed by atoms with Gasteiger partial charge >= 0.3 is 0 Å². The van der Waals surface area contributed by atoms with Crippen LogP contribution in [-0.4, -0.2) is 15.0 Å². The van der Waals surface area contributed by atoms with Crippen molar-refractivity contribution in [3.8, 4) is 45.0 Å². The van der Waals surface area contributed by atoms with E-state index in [9.17, 15) is 0 Å². The van der Waals surface area contributed by atoms with Crippen LogP contribution in [0.3, 0.4) is 0 Å². The number of aromatic nitrogens is 3. The van der Waals surface area contributed by atoms with Gasteiger partial charge in [-0.25, -0.2) is 4.98 Å². The second-order valence-electron chi connectivity index (χ2n) is 16.0. The lowest BCUT2D eigenvalue weighted by Gasteiger charge is -2.26. The van der Waals surface area contributed by atoms with Gasteiger partial charge in [0.1, 0.15) is 22.3 Å². The Bertz CT molecular complexity index is 3470. The number of hydrogen-bond acceptors (Lipinski definition) is 6. The molecule has 3 heterocycles. The average molecular weight is 773 g/mol. The SMILES string of the molecule is CC1(C)c2ccccc2-c2cccc(-c3nc(-c4ccc5oc6ccccc6c5c4)nc(N(c4ccc(-c5ccccc5)cc4)c4cccc5oc6ccccc6c45)n3)c21. The van der Waals surface area contributed by atoms with Crippen LogP contribution in [0.2, 0.25) is 0 Å². The summed E-state index contributed by atoms with van der Waals surface area (Å²) in [6, 6.07) is 63.0. The van der Waals surface area contributed by atoms with Crippen LogP contribution in [0.4, 0.5) is 17.3 Å². The van der Waals surface area contributed by atoms with Crippen molar-refractivity contribution in [2.75, 3.05) is 4.90 Å². The molecule has 0 N–H and O–H groups in total. The van der Waals surface area contributed by atoms with Crippen molar-refractivity contribution in [2.45, 2.75) is 19.3 Å². The van der Waals surface area contributed by atoms with Gasteiger partial charge in [-0.15, -0.1) is 0 Å². The molecule has 0 spiro atoms. The minimum atomic E-state index is -0.293. The minimum absolute atomic E-state index is 0.293. The predicted octanol–water partition coefficient (Wildman–Crippen LogP) is 14.4. The van der Waals surface area contributed by atoms with Gasteiger partial charge in [0.2, 0.25) is 5.95 Å². The fourth-order valence-corrected chi connectivity index (χ4v) is 9.35. The first-order valence-electron chi connectivity index (χ1n) is 20.3. The number of benzene rings is 8. The quantitative estimate of drug-likeness (QED) is 0.168. The van der Waals surface area contributed by atoms with Gasteiger partial charge in [0, 0.05) is 38.4 Å². The normalized spacial score (nSPS) is 13.0. The summed E-state index contributed by atoms with van der Waals surface area (Å²) < 4.78 is 12.7. The van der Waals surface area contributed by atoms with Crippen LogP contribution in [0.15, 0.2) is 191 Å². The monoisotopic (exact) mass is 772 g/mol. The highest BCUT2D eigenvalue weighted by atomic mass is 16.3. The zero-order valence-electron chi connectivity index (χ0n) is 32.9. The van der Waals surface area contributed by atoms with Crippen molar-refractivity contribution in [3.05, 3.63) is 193 Å². The standard InChI is InChI=1S/C54H36N4O2/c1-54(2)43-21-9-6-16-37(43)39-19-12-20-41(50(39)54)52-55-51(35-28-31-47-42(32-35)38-17-7-10-23-45(38)59-47)56-53(57-52)58(36-29-26-34(27-30-36)33-14-4-3-5-15-33)44-22-13-25-48-49(44)40-18-8-11-24-46(40)60-48/h3-32H,1-2H3. The van der Waals surface area contributed by atoms with E-state index in [0.717, 1.165) is 77.5 Å². The molecule has 0 aliphatic heterocycles. The second kappa shape index (κ2) is 13.1. The highest BCUT2D eigenvalue weighted by Crippen LogP contribution is 2.52. The summed E-state index contributed by atoms with van der Waals surface area (Å²) in [5.74, 6) is 1.64.